The number of rotatable bonds is 14. The lowest BCUT2D eigenvalue weighted by Crippen LogP contribution is -2.49. The summed E-state index contributed by atoms with van der Waals surface area (Å²) in [5.74, 6) is -1.04. The smallest absolute Gasteiger partial charge is 0.321 e. The minimum Gasteiger partial charge on any atom is -0.505 e. The fraction of sp³-hybridized carbons (Fsp3) is 0.500. The number of aromatic hydroxyl groups is 1. The number of carbonyl (C=O) groups is 2. The summed E-state index contributed by atoms with van der Waals surface area (Å²) in [5, 5.41) is 13.9. The molecule has 39 heavy (non-hydrogen) atoms. The number of anilines is 2. The predicted molar refractivity (Wildman–Crippen MR) is 156 cm³/mol. The van der Waals surface area contributed by atoms with E-state index in [2.05, 4.69) is 17.1 Å². The second-order valence-electron chi connectivity index (χ2n) is 10.1. The maximum atomic E-state index is 13.6. The highest BCUT2D eigenvalue weighted by molar-refractivity contribution is 7.90. The van der Waals surface area contributed by atoms with Gasteiger partial charge in [-0.05, 0) is 31.5 Å². The zero-order valence-corrected chi connectivity index (χ0v) is 24.4. The van der Waals surface area contributed by atoms with Crippen molar-refractivity contribution in [2.45, 2.75) is 83.4 Å². The van der Waals surface area contributed by atoms with Crippen LogP contribution >= 0.6 is 11.6 Å². The molecule has 3 amide bonds. The maximum Gasteiger partial charge on any atom is 0.321 e. The third-order valence-corrected chi connectivity index (χ3v) is 9.01. The van der Waals surface area contributed by atoms with Crippen LogP contribution < -0.4 is 15.2 Å². The molecule has 0 spiro atoms. The van der Waals surface area contributed by atoms with E-state index in [0.717, 1.165) is 30.7 Å². The van der Waals surface area contributed by atoms with E-state index in [1.54, 1.807) is 44.3 Å². The second-order valence-corrected chi connectivity index (χ2v) is 12.6. The molecule has 1 unspecified atom stereocenters. The van der Waals surface area contributed by atoms with Crippen molar-refractivity contribution in [1.29, 1.82) is 0 Å². The number of nitrogens with zero attached hydrogens (tertiary/aromatic N) is 2. The molecular weight excluding hydrogens is 540 g/mol. The zero-order chi connectivity index (χ0) is 28.6. The van der Waals surface area contributed by atoms with E-state index in [9.17, 15) is 23.1 Å². The maximum absolute atomic E-state index is 13.6. The number of fused-ring (bicyclic) bond motifs is 1. The van der Waals surface area contributed by atoms with Crippen LogP contribution in [-0.4, -0.2) is 42.7 Å². The number of nitrogens with one attached hydrogen (secondary N) is 2. The van der Waals surface area contributed by atoms with Gasteiger partial charge < -0.3 is 15.3 Å². The van der Waals surface area contributed by atoms with Crippen LogP contribution in [0.3, 0.4) is 0 Å². The summed E-state index contributed by atoms with van der Waals surface area (Å²) in [6, 6.07) is 9.04. The van der Waals surface area contributed by atoms with Gasteiger partial charge in [-0.2, -0.15) is 0 Å². The van der Waals surface area contributed by atoms with E-state index >= 15 is 0 Å². The highest BCUT2D eigenvalue weighted by Gasteiger charge is 2.33. The molecule has 1 atom stereocenters. The Morgan fingerprint density at radius 1 is 1.13 bits per heavy atom. The van der Waals surface area contributed by atoms with Crippen LogP contribution in [0.1, 0.15) is 87.6 Å². The standard InChI is InChI=1S/C28H39ClN4O5S/c1-4-5-6-7-8-9-10-12-15-20(2)39(37,38)31-33(27(35)21-16-13-11-14-17-21)24-18-23(29)25-22(26(24)34)19-32(3)28(36)30-25/h11,13-14,16-18,20,31,34H,4-10,12,15,19H2,1-3H3,(H,30,36). The molecule has 0 saturated carbocycles. The molecule has 0 bridgehead atoms. The van der Waals surface area contributed by atoms with E-state index in [4.69, 9.17) is 11.6 Å². The summed E-state index contributed by atoms with van der Waals surface area (Å²) in [5.41, 5.74) is 0.588. The summed E-state index contributed by atoms with van der Waals surface area (Å²) in [6.07, 6.45) is 9.23. The Bertz CT molecular complexity index is 1260. The van der Waals surface area contributed by atoms with Crippen LogP contribution in [0.15, 0.2) is 36.4 Å². The first-order valence-corrected chi connectivity index (χ1v) is 15.5. The average molecular weight is 579 g/mol. The number of unbranched alkanes of at least 4 members (excludes halogenated alkanes) is 7. The van der Waals surface area contributed by atoms with Gasteiger partial charge in [0.2, 0.25) is 10.0 Å². The highest BCUT2D eigenvalue weighted by Crippen LogP contribution is 2.43. The fourth-order valence-electron chi connectivity index (χ4n) is 4.50. The number of hydrogen-bond acceptors (Lipinski definition) is 5. The molecule has 3 rings (SSSR count). The number of halogens is 1. The first-order valence-electron chi connectivity index (χ1n) is 13.5. The van der Waals surface area contributed by atoms with Crippen molar-refractivity contribution < 1.29 is 23.1 Å². The van der Waals surface area contributed by atoms with Crippen LogP contribution in [-0.2, 0) is 16.6 Å². The quantitative estimate of drug-likeness (QED) is 0.176. The Balaban J connectivity index is 1.83. The van der Waals surface area contributed by atoms with Gasteiger partial charge in [-0.1, -0.05) is 88.1 Å². The van der Waals surface area contributed by atoms with Gasteiger partial charge in [-0.15, -0.1) is 4.83 Å². The molecule has 2 aromatic carbocycles. The Morgan fingerprint density at radius 2 is 1.74 bits per heavy atom. The van der Waals surface area contributed by atoms with Crippen LogP contribution in [0.5, 0.6) is 5.75 Å². The van der Waals surface area contributed by atoms with Gasteiger partial charge >= 0.3 is 6.03 Å². The predicted octanol–water partition coefficient (Wildman–Crippen LogP) is 6.42. The largest absolute Gasteiger partial charge is 0.505 e. The summed E-state index contributed by atoms with van der Waals surface area (Å²) < 4.78 is 26.8. The fourth-order valence-corrected chi connectivity index (χ4v) is 5.85. The van der Waals surface area contributed by atoms with Crippen molar-refractivity contribution in [3.8, 4) is 5.75 Å². The molecule has 1 heterocycles. The normalized spacial score (nSPS) is 14.1. The topological polar surface area (TPSA) is 119 Å². The van der Waals surface area contributed by atoms with Crippen LogP contribution in [0.4, 0.5) is 16.2 Å². The van der Waals surface area contributed by atoms with Crippen LogP contribution in [0, 0.1) is 0 Å². The molecule has 0 fully saturated rings. The number of urea groups is 1. The molecule has 0 radical (unpaired) electrons. The van der Waals surface area contributed by atoms with Crippen molar-refractivity contribution in [3.05, 3.63) is 52.5 Å². The lowest BCUT2D eigenvalue weighted by molar-refractivity contribution is 0.0980. The highest BCUT2D eigenvalue weighted by atomic mass is 35.5. The van der Waals surface area contributed by atoms with Crippen molar-refractivity contribution in [3.63, 3.8) is 0 Å². The molecule has 214 valence electrons. The molecule has 0 aliphatic carbocycles. The van der Waals surface area contributed by atoms with Crippen molar-refractivity contribution in [1.82, 2.24) is 9.73 Å². The van der Waals surface area contributed by atoms with E-state index in [-0.39, 0.29) is 39.8 Å². The van der Waals surface area contributed by atoms with Crippen molar-refractivity contribution >= 4 is 44.9 Å². The van der Waals surface area contributed by atoms with E-state index < -0.39 is 27.2 Å². The van der Waals surface area contributed by atoms with Crippen LogP contribution in [0.2, 0.25) is 5.02 Å². The zero-order valence-electron chi connectivity index (χ0n) is 22.9. The van der Waals surface area contributed by atoms with E-state index in [0.29, 0.717) is 6.42 Å². The third-order valence-electron chi connectivity index (χ3n) is 6.98. The number of benzene rings is 2. The number of phenolic OH excluding ortho intramolecular Hbond substituents is 1. The minimum absolute atomic E-state index is 0.0233. The summed E-state index contributed by atoms with van der Waals surface area (Å²) in [6.45, 7) is 3.82. The summed E-state index contributed by atoms with van der Waals surface area (Å²) in [4.78, 5) is 29.4. The Labute approximate surface area is 236 Å². The van der Waals surface area contributed by atoms with Gasteiger partial charge in [0, 0.05) is 18.2 Å². The van der Waals surface area contributed by atoms with E-state index in [1.807, 2.05) is 0 Å². The van der Waals surface area contributed by atoms with E-state index in [1.165, 1.54) is 36.6 Å². The van der Waals surface area contributed by atoms with Gasteiger partial charge in [0.05, 0.1) is 22.5 Å². The van der Waals surface area contributed by atoms with Gasteiger partial charge in [-0.3, -0.25) is 4.79 Å². The molecule has 3 N–H and O–H groups in total. The lowest BCUT2D eigenvalue weighted by Gasteiger charge is -2.31. The first kappa shape index (κ1) is 30.7. The van der Waals surface area contributed by atoms with Gasteiger partial charge in [0.1, 0.15) is 11.4 Å². The minimum atomic E-state index is -4.02. The van der Waals surface area contributed by atoms with Crippen molar-refractivity contribution in [2.75, 3.05) is 17.4 Å². The second kappa shape index (κ2) is 14.0. The van der Waals surface area contributed by atoms with Gasteiger partial charge in [-0.25, -0.2) is 18.2 Å². The van der Waals surface area contributed by atoms with Gasteiger partial charge in [0.15, 0.2) is 0 Å². The first-order chi connectivity index (χ1) is 18.6. The Hall–Kier alpha value is -2.82. The van der Waals surface area contributed by atoms with Crippen molar-refractivity contribution in [2.24, 2.45) is 0 Å². The molecular formula is C28H39ClN4O5S. The Kier molecular flexibility index (Phi) is 11.0. The SMILES string of the molecule is CCCCCCCCCCC(C)S(=O)(=O)NN(C(=O)c1ccccc1)c1cc(Cl)c2c(c1O)CN(C)C(=O)N2. The molecule has 1 aliphatic heterocycles. The number of carbonyl (C=O) groups excluding carboxylic acids is 2. The summed E-state index contributed by atoms with van der Waals surface area (Å²) >= 11 is 6.44. The summed E-state index contributed by atoms with van der Waals surface area (Å²) in [7, 11) is -2.47. The molecule has 1 aliphatic rings. The van der Waals surface area contributed by atoms with Crippen LogP contribution in [0.25, 0.3) is 0 Å². The van der Waals surface area contributed by atoms with Gasteiger partial charge in [0.25, 0.3) is 5.91 Å². The third kappa shape index (κ3) is 7.86. The number of hydrogen-bond donors (Lipinski definition) is 3. The number of amides is 3. The number of sulfonamides is 1. The molecule has 2 aromatic rings. The molecule has 9 nitrogen and oxygen atoms in total. The number of phenols is 1. The molecule has 11 heteroatoms. The Morgan fingerprint density at radius 3 is 2.38 bits per heavy atom. The lowest BCUT2D eigenvalue weighted by atomic mass is 10.1. The molecule has 0 saturated heterocycles. The monoisotopic (exact) mass is 578 g/mol. The number of hydrazine groups is 1. The molecule has 0 aromatic heterocycles. The average Bonchev–Trinajstić information content (AvgIpc) is 2.92.